The van der Waals surface area contributed by atoms with E-state index in [1.54, 1.807) is 11.0 Å². The molecule has 2 rings (SSSR count). The van der Waals surface area contributed by atoms with Gasteiger partial charge in [0.15, 0.2) is 5.69 Å². The summed E-state index contributed by atoms with van der Waals surface area (Å²) in [7, 11) is 0. The molecule has 1 aliphatic heterocycles. The summed E-state index contributed by atoms with van der Waals surface area (Å²) in [5.41, 5.74) is 1.12. The molecular weight excluding hydrogens is 286 g/mol. The third-order valence-corrected chi connectivity index (χ3v) is 3.57. The number of nitrogens with zero attached hydrogens (tertiary/aromatic N) is 3. The second-order valence-corrected chi connectivity index (χ2v) is 6.60. The van der Waals surface area contributed by atoms with Crippen LogP contribution in [0.4, 0.5) is 0 Å². The zero-order chi connectivity index (χ0) is 16.5. The number of hydrogen-bond donors (Lipinski definition) is 1. The number of hydrogen-bond acceptors (Lipinski definition) is 4. The van der Waals surface area contributed by atoms with E-state index in [1.807, 2.05) is 32.4 Å². The highest BCUT2D eigenvalue weighted by atomic mass is 16.5. The average Bonchev–Trinajstić information content (AvgIpc) is 2.79. The number of morpholine rings is 1. The minimum absolute atomic E-state index is 0.0980. The van der Waals surface area contributed by atoms with Crippen molar-refractivity contribution >= 4 is 11.9 Å². The number of carboxylic acid groups (broad SMARTS) is 1. The summed E-state index contributed by atoms with van der Waals surface area (Å²) >= 11 is 0. The Morgan fingerprint density at radius 3 is 2.68 bits per heavy atom. The molecule has 0 unspecified atom stereocenters. The molecule has 2 heterocycles. The number of amides is 1. The van der Waals surface area contributed by atoms with Gasteiger partial charge in [-0.15, -0.1) is 0 Å². The van der Waals surface area contributed by atoms with Gasteiger partial charge < -0.3 is 14.7 Å². The van der Waals surface area contributed by atoms with Crippen LogP contribution in [-0.4, -0.2) is 57.5 Å². The Hall–Kier alpha value is -1.89. The first-order valence-electron chi connectivity index (χ1n) is 7.38. The molecule has 22 heavy (non-hydrogen) atoms. The summed E-state index contributed by atoms with van der Waals surface area (Å²) in [6, 6.07) is 1.77. The second kappa shape index (κ2) is 6.08. The Kier molecular flexibility index (Phi) is 4.55. The van der Waals surface area contributed by atoms with Gasteiger partial charge in [-0.3, -0.25) is 14.3 Å². The highest BCUT2D eigenvalue weighted by Gasteiger charge is 2.29. The van der Waals surface area contributed by atoms with E-state index in [9.17, 15) is 9.59 Å². The van der Waals surface area contributed by atoms with E-state index >= 15 is 0 Å². The highest BCUT2D eigenvalue weighted by Crippen LogP contribution is 2.18. The van der Waals surface area contributed by atoms with Crippen molar-refractivity contribution in [1.29, 1.82) is 0 Å². The molecule has 0 aromatic carbocycles. The first kappa shape index (κ1) is 16.5. The summed E-state index contributed by atoms with van der Waals surface area (Å²) in [6.45, 7) is 9.09. The lowest BCUT2D eigenvalue weighted by Gasteiger charge is -2.31. The average molecular weight is 309 g/mol. The molecule has 0 radical (unpaired) electrons. The largest absolute Gasteiger partial charge is 0.481 e. The van der Waals surface area contributed by atoms with Crippen LogP contribution in [0.3, 0.4) is 0 Å². The van der Waals surface area contributed by atoms with Crippen molar-refractivity contribution in [2.75, 3.05) is 19.7 Å². The molecule has 122 valence electrons. The topological polar surface area (TPSA) is 84.7 Å². The van der Waals surface area contributed by atoms with Gasteiger partial charge in [-0.1, -0.05) is 0 Å². The van der Waals surface area contributed by atoms with Crippen molar-refractivity contribution in [3.05, 3.63) is 17.5 Å². The van der Waals surface area contributed by atoms with Crippen LogP contribution in [-0.2, 0) is 15.1 Å². The smallest absolute Gasteiger partial charge is 0.306 e. The maximum atomic E-state index is 12.6. The van der Waals surface area contributed by atoms with E-state index in [4.69, 9.17) is 9.84 Å². The molecule has 1 amide bonds. The second-order valence-electron chi connectivity index (χ2n) is 6.60. The number of carbonyl (C=O) groups excluding carboxylic acids is 1. The summed E-state index contributed by atoms with van der Waals surface area (Å²) in [5, 5.41) is 13.2. The number of aliphatic carboxylic acids is 1. The lowest BCUT2D eigenvalue weighted by molar-refractivity contribution is -0.141. The standard InChI is InChI=1S/C15H23N3O4/c1-10-7-12(16-18(10)15(2,3)4)14(21)17-5-6-22-11(9-17)8-13(19)20/h7,11H,5-6,8-9H2,1-4H3,(H,19,20)/t11-/m1/s1. The number of aryl methyl sites for hydroxylation is 1. The fourth-order valence-corrected chi connectivity index (χ4v) is 2.64. The van der Waals surface area contributed by atoms with Crippen LogP contribution in [0.15, 0.2) is 6.07 Å². The van der Waals surface area contributed by atoms with Crippen LogP contribution in [0.25, 0.3) is 0 Å². The van der Waals surface area contributed by atoms with Gasteiger partial charge in [0.25, 0.3) is 5.91 Å². The maximum Gasteiger partial charge on any atom is 0.306 e. The Balaban J connectivity index is 2.13. The molecule has 0 saturated carbocycles. The minimum Gasteiger partial charge on any atom is -0.481 e. The SMILES string of the molecule is Cc1cc(C(=O)N2CCO[C@H](CC(=O)O)C2)nn1C(C)(C)C. The van der Waals surface area contributed by atoms with Crippen LogP contribution < -0.4 is 0 Å². The van der Waals surface area contributed by atoms with Crippen molar-refractivity contribution in [3.8, 4) is 0 Å². The molecule has 1 fully saturated rings. The molecular formula is C15H23N3O4. The van der Waals surface area contributed by atoms with Crippen molar-refractivity contribution in [3.63, 3.8) is 0 Å². The quantitative estimate of drug-likeness (QED) is 0.908. The first-order chi connectivity index (χ1) is 10.2. The third kappa shape index (κ3) is 3.65. The molecule has 7 nitrogen and oxygen atoms in total. The molecule has 1 aromatic heterocycles. The van der Waals surface area contributed by atoms with E-state index in [0.29, 0.717) is 18.8 Å². The van der Waals surface area contributed by atoms with Gasteiger partial charge >= 0.3 is 5.97 Å². The predicted molar refractivity (Wildman–Crippen MR) is 79.9 cm³/mol. The van der Waals surface area contributed by atoms with E-state index in [0.717, 1.165) is 5.69 Å². The number of ether oxygens (including phenoxy) is 1. The molecule has 1 aromatic rings. The van der Waals surface area contributed by atoms with Gasteiger partial charge in [-0.25, -0.2) is 0 Å². The number of aromatic nitrogens is 2. The Labute approximate surface area is 129 Å². The van der Waals surface area contributed by atoms with Gasteiger partial charge in [0.05, 0.1) is 24.7 Å². The number of carboxylic acids is 1. The predicted octanol–water partition coefficient (Wildman–Crippen LogP) is 1.26. The van der Waals surface area contributed by atoms with Crippen LogP contribution in [0.1, 0.15) is 43.4 Å². The van der Waals surface area contributed by atoms with Gasteiger partial charge in [0, 0.05) is 18.8 Å². The molecule has 1 N–H and O–H groups in total. The zero-order valence-electron chi connectivity index (χ0n) is 13.5. The summed E-state index contributed by atoms with van der Waals surface area (Å²) in [4.78, 5) is 25.0. The third-order valence-electron chi connectivity index (χ3n) is 3.57. The molecule has 0 aliphatic carbocycles. The van der Waals surface area contributed by atoms with Gasteiger partial charge in [-0.05, 0) is 33.8 Å². The fraction of sp³-hybridized carbons (Fsp3) is 0.667. The van der Waals surface area contributed by atoms with E-state index in [2.05, 4.69) is 5.10 Å². The van der Waals surface area contributed by atoms with Crippen LogP contribution >= 0.6 is 0 Å². The van der Waals surface area contributed by atoms with Crippen molar-refractivity contribution in [2.24, 2.45) is 0 Å². The van der Waals surface area contributed by atoms with E-state index in [1.165, 1.54) is 0 Å². The van der Waals surface area contributed by atoms with Crippen molar-refractivity contribution in [1.82, 2.24) is 14.7 Å². The summed E-state index contributed by atoms with van der Waals surface area (Å²) in [5.74, 6) is -1.10. The van der Waals surface area contributed by atoms with Crippen molar-refractivity contribution < 1.29 is 19.4 Å². The molecule has 1 aliphatic rings. The highest BCUT2D eigenvalue weighted by molar-refractivity contribution is 5.92. The molecule has 1 atom stereocenters. The van der Waals surface area contributed by atoms with Gasteiger partial charge in [0.2, 0.25) is 0 Å². The normalized spacial score (nSPS) is 19.3. The molecule has 0 spiro atoms. The Bertz CT molecular complexity index is 574. The number of rotatable bonds is 3. The Morgan fingerprint density at radius 1 is 1.45 bits per heavy atom. The van der Waals surface area contributed by atoms with Crippen LogP contribution in [0, 0.1) is 6.92 Å². The first-order valence-corrected chi connectivity index (χ1v) is 7.38. The minimum atomic E-state index is -0.924. The lowest BCUT2D eigenvalue weighted by Crippen LogP contribution is -2.46. The molecule has 7 heteroatoms. The van der Waals surface area contributed by atoms with E-state index < -0.39 is 12.1 Å². The van der Waals surface area contributed by atoms with Gasteiger partial charge in [-0.2, -0.15) is 5.10 Å². The van der Waals surface area contributed by atoms with Crippen molar-refractivity contribution in [2.45, 2.75) is 45.8 Å². The Morgan fingerprint density at radius 2 is 2.14 bits per heavy atom. The van der Waals surface area contributed by atoms with Crippen LogP contribution in [0.2, 0.25) is 0 Å². The summed E-state index contributed by atoms with van der Waals surface area (Å²) in [6.07, 6.45) is -0.555. The lowest BCUT2D eigenvalue weighted by atomic mass is 10.1. The maximum absolute atomic E-state index is 12.6. The van der Waals surface area contributed by atoms with Crippen LogP contribution in [0.5, 0.6) is 0 Å². The molecule has 0 bridgehead atoms. The van der Waals surface area contributed by atoms with E-state index in [-0.39, 0.29) is 24.4 Å². The van der Waals surface area contributed by atoms with Gasteiger partial charge in [0.1, 0.15) is 0 Å². The fourth-order valence-electron chi connectivity index (χ4n) is 2.64. The number of carbonyl (C=O) groups is 2. The monoisotopic (exact) mass is 309 g/mol. The zero-order valence-corrected chi connectivity index (χ0v) is 13.5. The molecule has 1 saturated heterocycles. The summed E-state index contributed by atoms with van der Waals surface area (Å²) < 4.78 is 7.22.